The molecule has 7 heteroatoms. The summed E-state index contributed by atoms with van der Waals surface area (Å²) in [6.07, 6.45) is -1.79. The van der Waals surface area contributed by atoms with Crippen LogP contribution in [0.25, 0.3) is 0 Å². The van der Waals surface area contributed by atoms with Crippen LogP contribution in [-0.2, 0) is 0 Å². The summed E-state index contributed by atoms with van der Waals surface area (Å²) < 4.78 is 0. The number of benzene rings is 1. The van der Waals surface area contributed by atoms with Crippen LogP contribution >= 0.6 is 0 Å². The van der Waals surface area contributed by atoms with Crippen molar-refractivity contribution < 1.29 is 34.8 Å². The van der Waals surface area contributed by atoms with Crippen molar-refractivity contribution in [3.8, 4) is 0 Å². The number of carboxylic acids is 2. The third-order valence-corrected chi connectivity index (χ3v) is 2.25. The average molecular weight is 254 g/mol. The van der Waals surface area contributed by atoms with E-state index >= 15 is 0 Å². The minimum atomic E-state index is -1.79. The van der Waals surface area contributed by atoms with E-state index in [1.807, 2.05) is 0 Å². The van der Waals surface area contributed by atoms with Gasteiger partial charge in [-0.05, 0) is 6.07 Å². The van der Waals surface area contributed by atoms with Crippen molar-refractivity contribution in [2.45, 2.75) is 6.10 Å². The van der Waals surface area contributed by atoms with Crippen LogP contribution in [0, 0.1) is 0 Å². The van der Waals surface area contributed by atoms with Gasteiger partial charge in [0.2, 0.25) is 0 Å². The van der Waals surface area contributed by atoms with E-state index < -0.39 is 47.1 Å². The fourth-order valence-corrected chi connectivity index (χ4v) is 1.43. The molecule has 0 amide bonds. The lowest BCUT2D eigenvalue weighted by Crippen LogP contribution is -2.27. The number of aromatic carboxylic acids is 2. The highest BCUT2D eigenvalue weighted by atomic mass is 16.4. The van der Waals surface area contributed by atoms with Gasteiger partial charge in [0.25, 0.3) is 0 Å². The van der Waals surface area contributed by atoms with Crippen LogP contribution in [0.4, 0.5) is 0 Å². The quantitative estimate of drug-likeness (QED) is 0.526. The zero-order chi connectivity index (χ0) is 13.9. The molecular weight excluding hydrogens is 244 g/mol. The van der Waals surface area contributed by atoms with Crippen molar-refractivity contribution in [1.29, 1.82) is 0 Å². The second-order valence-electron chi connectivity index (χ2n) is 3.40. The van der Waals surface area contributed by atoms with Gasteiger partial charge in [0.15, 0.2) is 5.78 Å². The molecule has 0 spiro atoms. The van der Waals surface area contributed by atoms with Crippen LogP contribution in [0.5, 0.6) is 0 Å². The number of hydrogen-bond donors (Lipinski definition) is 4. The van der Waals surface area contributed by atoms with Gasteiger partial charge in [-0.25, -0.2) is 9.59 Å². The molecule has 7 nitrogen and oxygen atoms in total. The molecule has 1 atom stereocenters. The van der Waals surface area contributed by atoms with E-state index in [0.717, 1.165) is 12.1 Å². The molecule has 4 N–H and O–H groups in total. The third kappa shape index (κ3) is 2.53. The van der Waals surface area contributed by atoms with Crippen LogP contribution in [0.2, 0.25) is 0 Å². The Bertz CT molecular complexity index is 506. The molecule has 0 aromatic heterocycles. The smallest absolute Gasteiger partial charge is 0.337 e. The summed E-state index contributed by atoms with van der Waals surface area (Å²) in [7, 11) is 0. The van der Waals surface area contributed by atoms with E-state index in [1.165, 1.54) is 6.07 Å². The van der Waals surface area contributed by atoms with Gasteiger partial charge in [-0.3, -0.25) is 4.79 Å². The highest BCUT2D eigenvalue weighted by Crippen LogP contribution is 2.17. The number of aliphatic hydroxyl groups excluding tert-OH is 2. The Labute approximate surface area is 101 Å². The van der Waals surface area contributed by atoms with Crippen molar-refractivity contribution >= 4 is 17.7 Å². The van der Waals surface area contributed by atoms with Crippen molar-refractivity contribution in [1.82, 2.24) is 0 Å². The normalized spacial score (nSPS) is 11.9. The highest BCUT2D eigenvalue weighted by molar-refractivity contribution is 6.12. The van der Waals surface area contributed by atoms with Gasteiger partial charge < -0.3 is 20.4 Å². The van der Waals surface area contributed by atoms with Crippen LogP contribution in [0.3, 0.4) is 0 Å². The van der Waals surface area contributed by atoms with Crippen molar-refractivity contribution in [2.75, 3.05) is 6.61 Å². The van der Waals surface area contributed by atoms with Gasteiger partial charge in [0, 0.05) is 5.56 Å². The van der Waals surface area contributed by atoms with Crippen molar-refractivity contribution in [3.05, 3.63) is 34.9 Å². The second kappa shape index (κ2) is 5.39. The lowest BCUT2D eigenvalue weighted by molar-refractivity contribution is 0.0573. The Hall–Kier alpha value is -2.25. The predicted octanol–water partition coefficient (Wildman–Crippen LogP) is -0.381. The Morgan fingerprint density at radius 2 is 1.61 bits per heavy atom. The minimum absolute atomic E-state index is 0.455. The molecule has 0 radical (unpaired) electrons. The molecule has 1 aromatic carbocycles. The number of Topliss-reactive ketones (excluding diaryl/α,β-unsaturated/α-hetero) is 1. The molecule has 0 aliphatic rings. The Morgan fingerprint density at radius 3 is 2.06 bits per heavy atom. The maximum absolute atomic E-state index is 11.6. The van der Waals surface area contributed by atoms with E-state index in [9.17, 15) is 19.5 Å². The number of aliphatic hydroxyl groups is 2. The summed E-state index contributed by atoms with van der Waals surface area (Å²) in [4.78, 5) is 33.5. The first-order valence-electron chi connectivity index (χ1n) is 4.82. The van der Waals surface area contributed by atoms with E-state index in [0.29, 0.717) is 0 Å². The largest absolute Gasteiger partial charge is 0.478 e. The van der Waals surface area contributed by atoms with Crippen LogP contribution in [0.1, 0.15) is 31.1 Å². The van der Waals surface area contributed by atoms with Crippen molar-refractivity contribution in [2.24, 2.45) is 0 Å². The number of rotatable bonds is 5. The minimum Gasteiger partial charge on any atom is -0.478 e. The molecule has 0 heterocycles. The van der Waals surface area contributed by atoms with Crippen LogP contribution in [-0.4, -0.2) is 50.9 Å². The van der Waals surface area contributed by atoms with E-state index in [4.69, 9.17) is 15.3 Å². The number of carbonyl (C=O) groups excluding carboxylic acids is 1. The lowest BCUT2D eigenvalue weighted by Gasteiger charge is -2.10. The Morgan fingerprint density at radius 1 is 1.06 bits per heavy atom. The predicted molar refractivity (Wildman–Crippen MR) is 57.8 cm³/mol. The standard InChI is InChI=1S/C11H10O7/c12-4-7(13)9(14)5-2-1-3-6(10(15)16)8(5)11(17)18/h1-3,7,12-13H,4H2,(H,15,16)(H,17,18). The summed E-state index contributed by atoms with van der Waals surface area (Å²) >= 11 is 0. The zero-order valence-electron chi connectivity index (χ0n) is 9.03. The van der Waals surface area contributed by atoms with Gasteiger partial charge in [-0.1, -0.05) is 12.1 Å². The summed E-state index contributed by atoms with van der Waals surface area (Å²) in [6.45, 7) is -0.880. The summed E-state index contributed by atoms with van der Waals surface area (Å²) in [5.41, 5.74) is -1.72. The molecule has 0 aliphatic heterocycles. The zero-order valence-corrected chi connectivity index (χ0v) is 9.03. The molecule has 96 valence electrons. The molecule has 18 heavy (non-hydrogen) atoms. The maximum atomic E-state index is 11.6. The molecule has 0 saturated carbocycles. The first kappa shape index (κ1) is 13.8. The number of ketones is 1. The Kier molecular flexibility index (Phi) is 4.13. The SMILES string of the molecule is O=C(O)c1cccc(C(=O)C(O)CO)c1C(=O)O. The van der Waals surface area contributed by atoms with Crippen LogP contribution < -0.4 is 0 Å². The van der Waals surface area contributed by atoms with Gasteiger partial charge >= 0.3 is 11.9 Å². The van der Waals surface area contributed by atoms with E-state index in [1.54, 1.807) is 0 Å². The van der Waals surface area contributed by atoms with Gasteiger partial charge in [0.1, 0.15) is 6.10 Å². The van der Waals surface area contributed by atoms with E-state index in [2.05, 4.69) is 0 Å². The van der Waals surface area contributed by atoms with E-state index in [-0.39, 0.29) is 0 Å². The number of hydrogen-bond acceptors (Lipinski definition) is 5. The molecule has 0 saturated heterocycles. The number of carbonyl (C=O) groups is 3. The second-order valence-corrected chi connectivity index (χ2v) is 3.40. The lowest BCUT2D eigenvalue weighted by atomic mass is 9.96. The maximum Gasteiger partial charge on any atom is 0.337 e. The number of carboxylic acid groups (broad SMARTS) is 2. The Balaban J connectivity index is 3.45. The summed E-state index contributed by atoms with van der Waals surface area (Å²) in [5, 5.41) is 35.6. The molecule has 0 fully saturated rings. The molecule has 1 rings (SSSR count). The molecule has 0 bridgehead atoms. The molecule has 1 unspecified atom stereocenters. The summed E-state index contributed by atoms with van der Waals surface area (Å²) in [6, 6.07) is 3.30. The monoisotopic (exact) mass is 254 g/mol. The summed E-state index contributed by atoms with van der Waals surface area (Å²) in [5.74, 6) is -4.14. The third-order valence-electron chi connectivity index (χ3n) is 2.25. The topological polar surface area (TPSA) is 132 Å². The molecule has 1 aromatic rings. The van der Waals surface area contributed by atoms with Gasteiger partial charge in [0.05, 0.1) is 17.7 Å². The first-order valence-corrected chi connectivity index (χ1v) is 4.82. The van der Waals surface area contributed by atoms with Crippen molar-refractivity contribution in [3.63, 3.8) is 0 Å². The van der Waals surface area contributed by atoms with Gasteiger partial charge in [-0.15, -0.1) is 0 Å². The highest BCUT2D eigenvalue weighted by Gasteiger charge is 2.26. The fourth-order valence-electron chi connectivity index (χ4n) is 1.43. The van der Waals surface area contributed by atoms with Gasteiger partial charge in [-0.2, -0.15) is 0 Å². The molecular formula is C11H10O7. The molecule has 0 aliphatic carbocycles. The van der Waals surface area contributed by atoms with Crippen LogP contribution in [0.15, 0.2) is 18.2 Å². The average Bonchev–Trinajstić information content (AvgIpc) is 2.35. The first-order chi connectivity index (χ1) is 8.40. The fraction of sp³-hybridized carbons (Fsp3) is 0.182.